The standard InChI is InChI=1S/C13H16F2N2O/c1-3-4-12(16)13(18)17-8(2)10-7-9(14)5-6-11(10)15/h3,5-8,12H,1,4,16H2,2H3,(H,17,18). The van der Waals surface area contributed by atoms with Crippen molar-refractivity contribution in [3.8, 4) is 0 Å². The van der Waals surface area contributed by atoms with Gasteiger partial charge in [0.2, 0.25) is 5.91 Å². The van der Waals surface area contributed by atoms with E-state index in [4.69, 9.17) is 5.73 Å². The van der Waals surface area contributed by atoms with Gasteiger partial charge in [-0.1, -0.05) is 6.08 Å². The van der Waals surface area contributed by atoms with Crippen molar-refractivity contribution in [1.82, 2.24) is 5.32 Å². The maximum atomic E-state index is 13.5. The normalized spacial score (nSPS) is 13.8. The van der Waals surface area contributed by atoms with Crippen LogP contribution in [0.25, 0.3) is 0 Å². The highest BCUT2D eigenvalue weighted by Crippen LogP contribution is 2.18. The van der Waals surface area contributed by atoms with Gasteiger partial charge in [0.1, 0.15) is 11.6 Å². The van der Waals surface area contributed by atoms with Gasteiger partial charge in [-0.25, -0.2) is 8.78 Å². The molecule has 2 atom stereocenters. The van der Waals surface area contributed by atoms with E-state index in [2.05, 4.69) is 11.9 Å². The van der Waals surface area contributed by atoms with Gasteiger partial charge in [0, 0.05) is 5.56 Å². The molecule has 0 aliphatic carbocycles. The third-order valence-electron chi connectivity index (χ3n) is 2.54. The molecule has 0 aromatic heterocycles. The van der Waals surface area contributed by atoms with Crippen LogP contribution in [0.5, 0.6) is 0 Å². The van der Waals surface area contributed by atoms with Gasteiger partial charge < -0.3 is 11.1 Å². The van der Waals surface area contributed by atoms with E-state index in [0.717, 1.165) is 18.2 Å². The Hall–Kier alpha value is -1.75. The number of nitrogens with one attached hydrogen (secondary N) is 1. The molecule has 1 rings (SSSR count). The summed E-state index contributed by atoms with van der Waals surface area (Å²) in [5.74, 6) is -1.55. The van der Waals surface area contributed by atoms with Gasteiger partial charge in [0.15, 0.2) is 0 Å². The fourth-order valence-corrected chi connectivity index (χ4v) is 1.53. The predicted molar refractivity (Wildman–Crippen MR) is 65.7 cm³/mol. The number of hydrogen-bond donors (Lipinski definition) is 2. The third-order valence-corrected chi connectivity index (χ3v) is 2.54. The average molecular weight is 254 g/mol. The summed E-state index contributed by atoms with van der Waals surface area (Å²) in [5, 5.41) is 2.53. The van der Waals surface area contributed by atoms with Crippen LogP contribution in [0.4, 0.5) is 8.78 Å². The molecule has 0 aliphatic rings. The van der Waals surface area contributed by atoms with Gasteiger partial charge in [0.25, 0.3) is 0 Å². The van der Waals surface area contributed by atoms with E-state index < -0.39 is 29.6 Å². The molecule has 98 valence electrons. The zero-order chi connectivity index (χ0) is 13.7. The van der Waals surface area contributed by atoms with Crippen LogP contribution >= 0.6 is 0 Å². The fraction of sp³-hybridized carbons (Fsp3) is 0.308. The van der Waals surface area contributed by atoms with Crippen LogP contribution in [0, 0.1) is 11.6 Å². The van der Waals surface area contributed by atoms with Crippen molar-refractivity contribution >= 4 is 5.91 Å². The number of carbonyl (C=O) groups excluding carboxylic acids is 1. The quantitative estimate of drug-likeness (QED) is 0.790. The van der Waals surface area contributed by atoms with Crippen LogP contribution in [0.3, 0.4) is 0 Å². The molecule has 5 heteroatoms. The van der Waals surface area contributed by atoms with Crippen LogP contribution in [0.2, 0.25) is 0 Å². The Kier molecular flexibility index (Phi) is 4.97. The second-order valence-electron chi connectivity index (χ2n) is 4.03. The first kappa shape index (κ1) is 14.3. The number of carbonyl (C=O) groups is 1. The second-order valence-corrected chi connectivity index (χ2v) is 4.03. The van der Waals surface area contributed by atoms with Crippen LogP contribution in [0.15, 0.2) is 30.9 Å². The molecule has 1 aromatic carbocycles. The number of benzene rings is 1. The first-order valence-electron chi connectivity index (χ1n) is 5.57. The number of nitrogens with two attached hydrogens (primary N) is 1. The van der Waals surface area contributed by atoms with E-state index in [9.17, 15) is 13.6 Å². The maximum Gasteiger partial charge on any atom is 0.237 e. The third kappa shape index (κ3) is 3.63. The highest BCUT2D eigenvalue weighted by Gasteiger charge is 2.18. The largest absolute Gasteiger partial charge is 0.348 e. The number of hydrogen-bond acceptors (Lipinski definition) is 2. The summed E-state index contributed by atoms with van der Waals surface area (Å²) >= 11 is 0. The summed E-state index contributed by atoms with van der Waals surface area (Å²) in [5.41, 5.74) is 5.66. The monoisotopic (exact) mass is 254 g/mol. The van der Waals surface area contributed by atoms with Gasteiger partial charge in [-0.3, -0.25) is 4.79 Å². The van der Waals surface area contributed by atoms with Crippen molar-refractivity contribution in [3.05, 3.63) is 48.1 Å². The minimum Gasteiger partial charge on any atom is -0.348 e. The summed E-state index contributed by atoms with van der Waals surface area (Å²) in [4.78, 5) is 11.6. The van der Waals surface area contributed by atoms with Crippen LogP contribution in [-0.4, -0.2) is 11.9 Å². The Bertz CT molecular complexity index is 449. The summed E-state index contributed by atoms with van der Waals surface area (Å²) in [6.45, 7) is 5.04. The molecular formula is C13H16F2N2O. The topological polar surface area (TPSA) is 55.1 Å². The van der Waals surface area contributed by atoms with Gasteiger partial charge in [-0.05, 0) is 31.5 Å². The van der Waals surface area contributed by atoms with E-state index >= 15 is 0 Å². The van der Waals surface area contributed by atoms with E-state index in [1.807, 2.05) is 0 Å². The van der Waals surface area contributed by atoms with Crippen molar-refractivity contribution in [2.75, 3.05) is 0 Å². The Balaban J connectivity index is 2.76. The Morgan fingerprint density at radius 3 is 2.83 bits per heavy atom. The molecule has 2 unspecified atom stereocenters. The number of rotatable bonds is 5. The Labute approximate surface area is 105 Å². The van der Waals surface area contributed by atoms with E-state index in [1.54, 1.807) is 6.92 Å². The minimum absolute atomic E-state index is 0.0918. The molecule has 1 aromatic rings. The molecule has 0 saturated carbocycles. The molecule has 1 amide bonds. The SMILES string of the molecule is C=CCC(N)C(=O)NC(C)c1cc(F)ccc1F. The molecule has 0 bridgehead atoms. The zero-order valence-electron chi connectivity index (χ0n) is 10.1. The van der Waals surface area contributed by atoms with Crippen molar-refractivity contribution in [2.24, 2.45) is 5.73 Å². The molecule has 18 heavy (non-hydrogen) atoms. The second kappa shape index (κ2) is 6.26. The lowest BCUT2D eigenvalue weighted by Crippen LogP contribution is -2.41. The van der Waals surface area contributed by atoms with Crippen molar-refractivity contribution in [1.29, 1.82) is 0 Å². The van der Waals surface area contributed by atoms with E-state index in [0.29, 0.717) is 6.42 Å². The van der Waals surface area contributed by atoms with Crippen molar-refractivity contribution in [3.63, 3.8) is 0 Å². The zero-order valence-corrected chi connectivity index (χ0v) is 10.1. The van der Waals surface area contributed by atoms with Crippen molar-refractivity contribution < 1.29 is 13.6 Å². The number of halogens is 2. The first-order chi connectivity index (χ1) is 8.45. The molecule has 3 N–H and O–H groups in total. The van der Waals surface area contributed by atoms with Crippen LogP contribution in [0.1, 0.15) is 24.9 Å². The molecule has 0 spiro atoms. The number of amides is 1. The lowest BCUT2D eigenvalue weighted by Gasteiger charge is -2.17. The lowest BCUT2D eigenvalue weighted by molar-refractivity contribution is -0.122. The Morgan fingerprint density at radius 2 is 2.22 bits per heavy atom. The first-order valence-corrected chi connectivity index (χ1v) is 5.57. The average Bonchev–Trinajstić information content (AvgIpc) is 2.32. The van der Waals surface area contributed by atoms with Gasteiger partial charge >= 0.3 is 0 Å². The van der Waals surface area contributed by atoms with Gasteiger partial charge in [0.05, 0.1) is 12.1 Å². The summed E-state index contributed by atoms with van der Waals surface area (Å²) in [7, 11) is 0. The maximum absolute atomic E-state index is 13.5. The molecule has 0 saturated heterocycles. The summed E-state index contributed by atoms with van der Waals surface area (Å²) in [6, 6.07) is 1.72. The van der Waals surface area contributed by atoms with Gasteiger partial charge in [-0.2, -0.15) is 0 Å². The fourth-order valence-electron chi connectivity index (χ4n) is 1.53. The lowest BCUT2D eigenvalue weighted by atomic mass is 10.1. The Morgan fingerprint density at radius 1 is 1.56 bits per heavy atom. The predicted octanol–water partition coefficient (Wildman–Crippen LogP) is 2.05. The minimum atomic E-state index is -0.735. The van der Waals surface area contributed by atoms with Gasteiger partial charge in [-0.15, -0.1) is 6.58 Å². The molecule has 0 fully saturated rings. The van der Waals surface area contributed by atoms with Crippen LogP contribution in [-0.2, 0) is 4.79 Å². The van der Waals surface area contributed by atoms with E-state index in [1.165, 1.54) is 6.08 Å². The smallest absolute Gasteiger partial charge is 0.237 e. The molecule has 0 heterocycles. The summed E-state index contributed by atoms with van der Waals surface area (Å²) < 4.78 is 26.5. The molecule has 0 radical (unpaired) electrons. The van der Waals surface area contributed by atoms with E-state index in [-0.39, 0.29) is 5.56 Å². The summed E-state index contributed by atoms with van der Waals surface area (Å²) in [6.07, 6.45) is 1.85. The van der Waals surface area contributed by atoms with Crippen molar-refractivity contribution in [2.45, 2.75) is 25.4 Å². The molecule has 0 aliphatic heterocycles. The molecule has 3 nitrogen and oxygen atoms in total. The highest BCUT2D eigenvalue weighted by molar-refractivity contribution is 5.82. The highest BCUT2D eigenvalue weighted by atomic mass is 19.1. The van der Waals surface area contributed by atoms with Crippen LogP contribution < -0.4 is 11.1 Å². The molecular weight excluding hydrogens is 238 g/mol.